The summed E-state index contributed by atoms with van der Waals surface area (Å²) in [6, 6.07) is 4.10. The molecule has 4 heterocycles. The number of amides is 1. The molecule has 5 rings (SSSR count). The number of aromatic nitrogens is 3. The Kier molecular flexibility index (Phi) is 6.47. The fourth-order valence-electron chi connectivity index (χ4n) is 5.47. The number of rotatable bonds is 6. The first-order valence-electron chi connectivity index (χ1n) is 12.4. The van der Waals surface area contributed by atoms with Crippen molar-refractivity contribution in [1.29, 1.82) is 0 Å². The Balaban J connectivity index is 1.58. The summed E-state index contributed by atoms with van der Waals surface area (Å²) in [6.07, 6.45) is 12.0. The summed E-state index contributed by atoms with van der Waals surface area (Å²) in [5.74, 6) is 0.805. The van der Waals surface area contributed by atoms with Crippen molar-refractivity contribution in [3.8, 4) is 0 Å². The zero-order valence-electron chi connectivity index (χ0n) is 21.3. The first-order chi connectivity index (χ1) is 17.3. The second-order valence-corrected chi connectivity index (χ2v) is 10.6. The average Bonchev–Trinajstić information content (AvgIpc) is 3.31. The highest BCUT2D eigenvalue weighted by Crippen LogP contribution is 2.40. The van der Waals surface area contributed by atoms with Crippen LogP contribution in [0, 0.1) is 19.8 Å². The molecule has 1 atom stereocenters. The van der Waals surface area contributed by atoms with Gasteiger partial charge >= 0.3 is 0 Å². The highest BCUT2D eigenvalue weighted by Gasteiger charge is 2.33. The van der Waals surface area contributed by atoms with Crippen LogP contribution in [0.4, 0.5) is 0 Å². The van der Waals surface area contributed by atoms with E-state index in [-0.39, 0.29) is 11.8 Å². The number of pyridine rings is 1. The molecule has 6 nitrogen and oxygen atoms in total. The van der Waals surface area contributed by atoms with E-state index in [4.69, 9.17) is 16.6 Å². The van der Waals surface area contributed by atoms with Gasteiger partial charge in [-0.25, -0.2) is 0 Å². The summed E-state index contributed by atoms with van der Waals surface area (Å²) in [5, 5.41) is 9.04. The van der Waals surface area contributed by atoms with Crippen LogP contribution in [0.3, 0.4) is 0 Å². The molecule has 0 saturated carbocycles. The van der Waals surface area contributed by atoms with Gasteiger partial charge in [-0.15, -0.1) is 0 Å². The Hall–Kier alpha value is -3.38. The highest BCUT2D eigenvalue weighted by molar-refractivity contribution is 6.35. The number of hydrogen-bond donors (Lipinski definition) is 1. The second kappa shape index (κ2) is 9.58. The van der Waals surface area contributed by atoms with E-state index in [1.54, 1.807) is 0 Å². The van der Waals surface area contributed by atoms with Crippen LogP contribution in [0.15, 0.2) is 55.5 Å². The molecule has 0 spiro atoms. The number of hydrogen-bond acceptors (Lipinski definition) is 4. The standard InChI is InChI=1S/C29H32ClN5O/c1-6-25(36)35-15-20(16-35)14-34-10-8-21(26-18(4)7-9-31-28(26)17(2)3)12-24(34)27-19(5)11-23(30)29-22(27)13-32-33-29/h6-13,17,20-21H,1,14-16H2,2-5H3,(H,32,33). The van der Waals surface area contributed by atoms with Gasteiger partial charge in [0, 0.05) is 66.2 Å². The summed E-state index contributed by atoms with van der Waals surface area (Å²) >= 11 is 6.56. The number of carbonyl (C=O) groups is 1. The van der Waals surface area contributed by atoms with Gasteiger partial charge in [-0.1, -0.05) is 38.1 Å². The van der Waals surface area contributed by atoms with Gasteiger partial charge in [-0.05, 0) is 60.7 Å². The number of benzene rings is 1. The molecule has 1 saturated heterocycles. The molecule has 2 aliphatic heterocycles. The molecule has 1 amide bonds. The second-order valence-electron chi connectivity index (χ2n) is 10.2. The van der Waals surface area contributed by atoms with Gasteiger partial charge < -0.3 is 9.80 Å². The number of aryl methyl sites for hydroxylation is 2. The van der Waals surface area contributed by atoms with Crippen molar-refractivity contribution < 1.29 is 4.79 Å². The van der Waals surface area contributed by atoms with Gasteiger partial charge in [0.15, 0.2) is 0 Å². The van der Waals surface area contributed by atoms with Crippen LogP contribution in [0.1, 0.15) is 53.6 Å². The minimum Gasteiger partial charge on any atom is -0.348 e. The molecular formula is C29H32ClN5O. The summed E-state index contributed by atoms with van der Waals surface area (Å²) < 4.78 is 0. The Bertz CT molecular complexity index is 1400. The molecule has 7 heteroatoms. The van der Waals surface area contributed by atoms with Crippen molar-refractivity contribution in [2.45, 2.75) is 39.5 Å². The van der Waals surface area contributed by atoms with Crippen molar-refractivity contribution in [2.24, 2.45) is 5.92 Å². The van der Waals surface area contributed by atoms with Crippen LogP contribution in [0.25, 0.3) is 16.6 Å². The predicted octanol–water partition coefficient (Wildman–Crippen LogP) is 5.95. The molecule has 3 aromatic rings. The first-order valence-corrected chi connectivity index (χ1v) is 12.8. The minimum atomic E-state index is -0.00168. The molecule has 2 aromatic heterocycles. The van der Waals surface area contributed by atoms with Crippen LogP contribution in [0.2, 0.25) is 5.02 Å². The lowest BCUT2D eigenvalue weighted by Crippen LogP contribution is -2.52. The zero-order valence-corrected chi connectivity index (χ0v) is 22.0. The first kappa shape index (κ1) is 24.3. The number of allylic oxidation sites excluding steroid dienone is 2. The third kappa shape index (κ3) is 4.24. The lowest BCUT2D eigenvalue weighted by molar-refractivity contribution is -0.132. The van der Waals surface area contributed by atoms with Crippen molar-refractivity contribution in [3.63, 3.8) is 0 Å². The normalized spacial score (nSPS) is 18.1. The van der Waals surface area contributed by atoms with E-state index < -0.39 is 0 Å². The van der Waals surface area contributed by atoms with Crippen LogP contribution in [-0.2, 0) is 4.79 Å². The molecule has 1 fully saturated rings. The number of nitrogens with one attached hydrogen (secondary N) is 1. The fourth-order valence-corrected chi connectivity index (χ4v) is 5.77. The molecule has 1 N–H and O–H groups in total. The van der Waals surface area contributed by atoms with Crippen molar-refractivity contribution in [3.05, 3.63) is 88.5 Å². The van der Waals surface area contributed by atoms with Gasteiger partial charge in [0.05, 0.1) is 16.7 Å². The lowest BCUT2D eigenvalue weighted by Gasteiger charge is -2.42. The maximum atomic E-state index is 12.0. The summed E-state index contributed by atoms with van der Waals surface area (Å²) in [4.78, 5) is 20.9. The van der Waals surface area contributed by atoms with E-state index in [1.165, 1.54) is 17.2 Å². The maximum Gasteiger partial charge on any atom is 0.245 e. The number of H-pyrrole nitrogens is 1. The third-order valence-corrected chi connectivity index (χ3v) is 7.58. The quantitative estimate of drug-likeness (QED) is 0.424. The smallest absolute Gasteiger partial charge is 0.245 e. The number of carbonyl (C=O) groups excluding carboxylic acids is 1. The molecule has 1 aromatic carbocycles. The fraction of sp³-hybridized carbons (Fsp3) is 0.345. The van der Waals surface area contributed by atoms with Crippen LogP contribution in [-0.4, -0.2) is 50.5 Å². The highest BCUT2D eigenvalue weighted by atomic mass is 35.5. The summed E-state index contributed by atoms with van der Waals surface area (Å²) in [6.45, 7) is 14.6. The Morgan fingerprint density at radius 1 is 1.31 bits per heavy atom. The van der Waals surface area contributed by atoms with Crippen LogP contribution < -0.4 is 0 Å². The van der Waals surface area contributed by atoms with E-state index >= 15 is 0 Å². The molecule has 186 valence electrons. The van der Waals surface area contributed by atoms with E-state index in [0.29, 0.717) is 16.9 Å². The number of fused-ring (bicyclic) bond motifs is 1. The maximum absolute atomic E-state index is 12.0. The summed E-state index contributed by atoms with van der Waals surface area (Å²) in [5.41, 5.74) is 7.85. The number of nitrogens with zero attached hydrogens (tertiary/aromatic N) is 4. The average molecular weight is 502 g/mol. The Morgan fingerprint density at radius 2 is 2.08 bits per heavy atom. The van der Waals surface area contributed by atoms with E-state index in [9.17, 15) is 4.79 Å². The zero-order chi connectivity index (χ0) is 25.6. The number of likely N-dealkylation sites (tertiary alicyclic amines) is 1. The van der Waals surface area contributed by atoms with Gasteiger partial charge in [-0.2, -0.15) is 5.10 Å². The molecule has 0 aliphatic carbocycles. The largest absolute Gasteiger partial charge is 0.348 e. The van der Waals surface area contributed by atoms with E-state index in [2.05, 4.69) is 73.8 Å². The third-order valence-electron chi connectivity index (χ3n) is 7.28. The molecule has 0 radical (unpaired) electrons. The van der Waals surface area contributed by atoms with Crippen LogP contribution in [0.5, 0.6) is 0 Å². The van der Waals surface area contributed by atoms with E-state index in [0.717, 1.165) is 53.1 Å². The van der Waals surface area contributed by atoms with Gasteiger partial charge in [0.1, 0.15) is 0 Å². The Labute approximate surface area is 217 Å². The molecule has 36 heavy (non-hydrogen) atoms. The van der Waals surface area contributed by atoms with Gasteiger partial charge in [0.2, 0.25) is 5.91 Å². The molecule has 2 aliphatic rings. The number of aromatic amines is 1. The molecule has 0 bridgehead atoms. The van der Waals surface area contributed by atoms with Crippen molar-refractivity contribution in [2.75, 3.05) is 19.6 Å². The van der Waals surface area contributed by atoms with Crippen LogP contribution >= 0.6 is 11.6 Å². The monoisotopic (exact) mass is 501 g/mol. The van der Waals surface area contributed by atoms with Gasteiger partial charge in [0.25, 0.3) is 0 Å². The number of halogens is 1. The lowest BCUT2D eigenvalue weighted by atomic mass is 9.85. The predicted molar refractivity (Wildman–Crippen MR) is 146 cm³/mol. The van der Waals surface area contributed by atoms with Crippen molar-refractivity contribution >= 4 is 34.1 Å². The van der Waals surface area contributed by atoms with E-state index in [1.807, 2.05) is 23.4 Å². The molecular weight excluding hydrogens is 470 g/mol. The van der Waals surface area contributed by atoms with Gasteiger partial charge in [-0.3, -0.25) is 14.9 Å². The Morgan fingerprint density at radius 3 is 2.81 bits per heavy atom. The van der Waals surface area contributed by atoms with Crippen molar-refractivity contribution in [1.82, 2.24) is 25.0 Å². The topological polar surface area (TPSA) is 65.1 Å². The molecule has 1 unspecified atom stereocenters. The SMILES string of the molecule is C=CC(=O)N1CC(CN2C=CC(c3c(C)ccnc3C(C)C)C=C2c2c(C)cc(Cl)c3[nH]ncc23)C1. The summed E-state index contributed by atoms with van der Waals surface area (Å²) in [7, 11) is 0. The minimum absolute atomic E-state index is 0.00168.